The van der Waals surface area contributed by atoms with Crippen molar-refractivity contribution in [3.05, 3.63) is 114 Å². The Morgan fingerprint density at radius 3 is 1.46 bits per heavy atom. The molecule has 0 aliphatic rings. The van der Waals surface area contributed by atoms with E-state index in [4.69, 9.17) is 4.74 Å². The van der Waals surface area contributed by atoms with Gasteiger partial charge < -0.3 is 0 Å². The third-order valence-electron chi connectivity index (χ3n) is 4.56. The summed E-state index contributed by atoms with van der Waals surface area (Å²) in [5, 5.41) is 0. The van der Waals surface area contributed by atoms with Crippen LogP contribution in [0.4, 0.5) is 0 Å². The molecule has 0 saturated carbocycles. The van der Waals surface area contributed by atoms with Gasteiger partial charge in [-0.05, 0) is 0 Å². The number of ether oxygens (including phenoxy) is 1. The molecule has 3 rings (SSSR count). The van der Waals surface area contributed by atoms with Crippen LogP contribution in [0.1, 0.15) is 6.92 Å². The summed E-state index contributed by atoms with van der Waals surface area (Å²) in [6.45, 7) is 6.64. The van der Waals surface area contributed by atoms with Crippen molar-refractivity contribution in [1.82, 2.24) is 0 Å². The van der Waals surface area contributed by atoms with Crippen molar-refractivity contribution in [2.45, 2.75) is 6.92 Å². The molecule has 0 fully saturated rings. The minimum absolute atomic E-state index is 0.638. The van der Waals surface area contributed by atoms with Crippen LogP contribution >= 0.6 is 0 Å². The van der Waals surface area contributed by atoms with E-state index in [9.17, 15) is 0 Å². The van der Waals surface area contributed by atoms with Crippen molar-refractivity contribution in [2.75, 3.05) is 6.61 Å². The maximum absolute atomic E-state index is 6.28. The molecule has 0 atom stereocenters. The molecule has 26 heavy (non-hydrogen) atoms. The van der Waals surface area contributed by atoms with Gasteiger partial charge in [-0.3, -0.25) is 0 Å². The topological polar surface area (TPSA) is 9.23 Å². The second kappa shape index (κ2) is 8.73. The predicted molar refractivity (Wildman–Crippen MR) is 114 cm³/mol. The van der Waals surface area contributed by atoms with E-state index < -0.39 is 13.3 Å². The van der Waals surface area contributed by atoms with Crippen LogP contribution in [0.2, 0.25) is 0 Å². The van der Waals surface area contributed by atoms with Gasteiger partial charge in [0.05, 0.1) is 0 Å². The molecule has 0 aliphatic carbocycles. The molecule has 0 aromatic heterocycles. The Balaban J connectivity index is 2.42. The first-order valence-corrected chi connectivity index (χ1v) is 13.2. The van der Waals surface area contributed by atoms with Crippen molar-refractivity contribution in [2.24, 2.45) is 0 Å². The van der Waals surface area contributed by atoms with E-state index in [1.54, 1.807) is 0 Å². The standard InChI is InChI=1S/C24H24GeO/c1-3-14-24(26-4-2)25(21-15-8-5-9-16-21,22-17-10-6-11-18-22)23-19-12-7-13-20-23/h3,5-20H,1,4H2,2H3/b24-14+. The Morgan fingerprint density at radius 2 is 1.15 bits per heavy atom. The van der Waals surface area contributed by atoms with Crippen LogP contribution in [0.3, 0.4) is 0 Å². The Hall–Kier alpha value is -2.52. The molecule has 0 radical (unpaired) electrons. The van der Waals surface area contributed by atoms with Gasteiger partial charge in [0.25, 0.3) is 0 Å². The van der Waals surface area contributed by atoms with Crippen LogP contribution < -0.4 is 13.2 Å². The zero-order valence-electron chi connectivity index (χ0n) is 15.1. The number of rotatable bonds is 7. The summed E-state index contributed by atoms with van der Waals surface area (Å²) in [4.78, 5) is 0. The van der Waals surface area contributed by atoms with Crippen LogP contribution in [0.15, 0.2) is 114 Å². The molecule has 0 heterocycles. The van der Waals surface area contributed by atoms with Gasteiger partial charge in [-0.15, -0.1) is 0 Å². The molecular weight excluding hydrogens is 377 g/mol. The molecule has 130 valence electrons. The third kappa shape index (κ3) is 3.40. The Bertz CT molecular complexity index is 758. The van der Waals surface area contributed by atoms with Crippen LogP contribution in [0.25, 0.3) is 0 Å². The van der Waals surface area contributed by atoms with E-state index in [-0.39, 0.29) is 0 Å². The second-order valence-corrected chi connectivity index (χ2v) is 13.9. The van der Waals surface area contributed by atoms with Crippen LogP contribution in [-0.4, -0.2) is 19.9 Å². The predicted octanol–water partition coefficient (Wildman–Crippen LogP) is 3.80. The average Bonchev–Trinajstić information content (AvgIpc) is 2.71. The zero-order valence-corrected chi connectivity index (χ0v) is 17.2. The minimum atomic E-state index is -3.23. The normalized spacial score (nSPS) is 11.8. The number of hydrogen-bond donors (Lipinski definition) is 0. The molecule has 0 N–H and O–H groups in total. The zero-order chi connectivity index (χ0) is 18.2. The molecular formula is C24H24GeO. The van der Waals surface area contributed by atoms with Crippen LogP contribution in [0.5, 0.6) is 0 Å². The van der Waals surface area contributed by atoms with Crippen molar-refractivity contribution in [1.29, 1.82) is 0 Å². The molecule has 0 aliphatic heterocycles. The summed E-state index contributed by atoms with van der Waals surface area (Å²) in [6, 6.07) is 32.4. The Labute approximate surface area is 159 Å². The first-order valence-electron chi connectivity index (χ1n) is 8.96. The van der Waals surface area contributed by atoms with Crippen molar-refractivity contribution in [3.8, 4) is 0 Å². The fourth-order valence-corrected chi connectivity index (χ4v) is 13.3. The van der Waals surface area contributed by atoms with Crippen molar-refractivity contribution < 1.29 is 4.74 Å². The number of hydrogen-bond acceptors (Lipinski definition) is 1. The summed E-state index contributed by atoms with van der Waals surface area (Å²) >= 11 is -3.23. The monoisotopic (exact) mass is 402 g/mol. The van der Waals surface area contributed by atoms with Crippen LogP contribution in [-0.2, 0) is 4.74 Å². The van der Waals surface area contributed by atoms with Crippen molar-refractivity contribution in [3.63, 3.8) is 0 Å². The number of allylic oxidation sites excluding steroid dienone is 2. The third-order valence-corrected chi connectivity index (χ3v) is 14.3. The van der Waals surface area contributed by atoms with E-state index in [1.807, 2.05) is 13.0 Å². The Morgan fingerprint density at radius 1 is 0.769 bits per heavy atom. The van der Waals surface area contributed by atoms with Gasteiger partial charge in [0.2, 0.25) is 0 Å². The van der Waals surface area contributed by atoms with Gasteiger partial charge in [0.15, 0.2) is 0 Å². The van der Waals surface area contributed by atoms with E-state index in [1.165, 1.54) is 13.2 Å². The molecule has 2 heteroatoms. The molecule has 0 amide bonds. The summed E-state index contributed by atoms with van der Waals surface area (Å²) in [6.07, 6.45) is 3.91. The maximum atomic E-state index is 6.28. The summed E-state index contributed by atoms with van der Waals surface area (Å²) < 4.78 is 11.4. The van der Waals surface area contributed by atoms with Gasteiger partial charge in [0, 0.05) is 0 Å². The average molecular weight is 401 g/mol. The summed E-state index contributed by atoms with van der Waals surface area (Å²) in [5.74, 6) is 0. The fourth-order valence-electron chi connectivity index (χ4n) is 3.54. The number of benzene rings is 3. The van der Waals surface area contributed by atoms with E-state index in [0.29, 0.717) is 6.61 Å². The Kier molecular flexibility index (Phi) is 6.13. The molecule has 3 aromatic carbocycles. The summed E-state index contributed by atoms with van der Waals surface area (Å²) in [7, 11) is 0. The quantitative estimate of drug-likeness (QED) is 0.333. The van der Waals surface area contributed by atoms with E-state index >= 15 is 0 Å². The molecule has 3 aromatic rings. The van der Waals surface area contributed by atoms with Gasteiger partial charge in [0.1, 0.15) is 0 Å². The van der Waals surface area contributed by atoms with Gasteiger partial charge in [-0.1, -0.05) is 0 Å². The summed E-state index contributed by atoms with van der Waals surface area (Å²) in [5.41, 5.74) is 0. The van der Waals surface area contributed by atoms with E-state index in [0.717, 1.165) is 4.59 Å². The first-order chi connectivity index (χ1) is 12.8. The molecule has 0 bridgehead atoms. The van der Waals surface area contributed by atoms with E-state index in [2.05, 4.69) is 104 Å². The van der Waals surface area contributed by atoms with Gasteiger partial charge in [-0.25, -0.2) is 0 Å². The molecule has 0 saturated heterocycles. The SMILES string of the molecule is C=C/C=[C](/OCC)[Ge]([c]1ccccc1)([c]1ccccc1)[c]1ccccc1. The van der Waals surface area contributed by atoms with Gasteiger partial charge in [-0.2, -0.15) is 0 Å². The molecule has 0 unspecified atom stereocenters. The second-order valence-electron chi connectivity index (χ2n) is 6.05. The van der Waals surface area contributed by atoms with Gasteiger partial charge >= 0.3 is 159 Å². The fraction of sp³-hybridized carbons (Fsp3) is 0.0833. The van der Waals surface area contributed by atoms with Crippen LogP contribution in [0, 0.1) is 0 Å². The first kappa shape index (κ1) is 18.3. The molecule has 0 spiro atoms. The van der Waals surface area contributed by atoms with Crippen molar-refractivity contribution >= 4 is 26.5 Å². The molecule has 1 nitrogen and oxygen atoms in total.